The van der Waals surface area contributed by atoms with E-state index in [1.807, 2.05) is 0 Å². The maximum atomic E-state index is 2.35. The van der Waals surface area contributed by atoms with E-state index in [0.29, 0.717) is 0 Å². The monoisotopic (exact) mass is 1630 g/mol. The molecule has 0 bridgehead atoms. The van der Waals surface area contributed by atoms with Gasteiger partial charge in [-0.05, 0) is 281 Å². The first-order valence-electron chi connectivity index (χ1n) is 43.3. The molecule has 6 nitrogen and oxygen atoms in total. The van der Waals surface area contributed by atoms with Gasteiger partial charge in [-0.2, -0.15) is 0 Å². The molecular formula is C121H94N6. The highest BCUT2D eigenvalue weighted by Gasteiger charge is 2.21. The van der Waals surface area contributed by atoms with Crippen LogP contribution in [-0.4, -0.2) is 21.1 Å². The number of fused-ring (bicyclic) bond motifs is 4. The summed E-state index contributed by atoms with van der Waals surface area (Å²) in [5, 5.41) is 9.87. The molecule has 0 fully saturated rings. The van der Waals surface area contributed by atoms with Crippen molar-refractivity contribution >= 4 is 128 Å². The average Bonchev–Trinajstić information content (AvgIpc) is 0.790. The highest BCUT2D eigenvalue weighted by Crippen LogP contribution is 2.45. The van der Waals surface area contributed by atoms with Crippen molar-refractivity contribution in [3.05, 3.63) is 516 Å². The summed E-state index contributed by atoms with van der Waals surface area (Å²) in [5.74, 6) is 0. The molecule has 0 spiro atoms. The van der Waals surface area contributed by atoms with Crippen molar-refractivity contribution in [2.24, 2.45) is 0 Å². The van der Waals surface area contributed by atoms with Crippen LogP contribution in [0.1, 0.15) is 0 Å². The molecule has 21 aromatic carbocycles. The Hall–Kier alpha value is -16.5. The minimum atomic E-state index is 1.11. The van der Waals surface area contributed by atoms with E-state index < -0.39 is 0 Å². The Kier molecular flexibility index (Phi) is 23.6. The SMILES string of the molecule is CN(c1ccc(-c2ccccc2)cc1)c1ccc(N(c2cccc(-c3ccccc3)c2)c2ccc3ccccc3c2)cc1.CN(c1ccc(N(c2cccc(-c3ccccc3)c2)c2ccc3ccccc3c2)cc1)c1ccc2ccccc2c1.CN(c1ccc(N(c2cccc(-c3ccccc3)c2)c2ccc3ccccc3c2)cc1)c1cccc(-c2ccccc2)c1. The molecule has 608 valence electrons. The first kappa shape index (κ1) is 80.2. The lowest BCUT2D eigenvalue weighted by atomic mass is 10.0. The van der Waals surface area contributed by atoms with Gasteiger partial charge in [0.25, 0.3) is 0 Å². The summed E-state index contributed by atoms with van der Waals surface area (Å²) in [6, 6.07) is 184. The van der Waals surface area contributed by atoms with Gasteiger partial charge in [-0.3, -0.25) is 0 Å². The van der Waals surface area contributed by atoms with Crippen molar-refractivity contribution in [1.82, 2.24) is 0 Å². The van der Waals surface area contributed by atoms with E-state index in [1.165, 1.54) is 104 Å². The molecule has 21 aromatic rings. The molecule has 0 amide bonds. The Bertz CT molecular complexity index is 7300. The van der Waals surface area contributed by atoms with Crippen LogP contribution in [0.3, 0.4) is 0 Å². The van der Waals surface area contributed by atoms with Crippen molar-refractivity contribution in [1.29, 1.82) is 0 Å². The third kappa shape index (κ3) is 18.2. The lowest BCUT2D eigenvalue weighted by Gasteiger charge is -2.27. The second-order valence-electron chi connectivity index (χ2n) is 31.9. The zero-order chi connectivity index (χ0) is 85.6. The minimum absolute atomic E-state index is 1.11. The largest absolute Gasteiger partial charge is 0.345 e. The standard InChI is InChI=1S/2C41H32N2.C39H30N2/c1-42(39-20-10-18-35(28-39)31-12-4-2-5-13-31)37-24-26-38(27-25-37)43(41-23-22-33-16-8-9-17-34(33)30-41)40-21-11-19-36(29-40)32-14-6-3-7-15-32;1-42(37-22-19-34(20-23-37)31-11-4-2-5-12-31)38-25-27-39(28-26-38)43(41-24-21-33-15-8-9-16-35(33)30-41)40-18-10-17-36(29-40)32-13-6-3-7-14-32;1-40(37-20-18-30-12-5-7-14-32(30)26-37)35-22-24-36(25-23-35)41(39-21-19-31-13-6-8-15-33(31)28-39)38-17-9-16-34(27-38)29-10-3-2-4-11-29/h2*2-30H,1H3;2-28H,1H3. The normalized spacial score (nSPS) is 11.0. The van der Waals surface area contributed by atoms with E-state index in [1.54, 1.807) is 0 Å². The maximum absolute atomic E-state index is 2.35. The van der Waals surface area contributed by atoms with Crippen LogP contribution in [0.25, 0.3) is 98.7 Å². The van der Waals surface area contributed by atoms with Gasteiger partial charge in [0.1, 0.15) is 0 Å². The fraction of sp³-hybridized carbons (Fsp3) is 0.0248. The summed E-state index contributed by atoms with van der Waals surface area (Å²) in [6.45, 7) is 0. The van der Waals surface area contributed by atoms with Gasteiger partial charge in [0.2, 0.25) is 0 Å². The minimum Gasteiger partial charge on any atom is -0.345 e. The summed E-state index contributed by atoms with van der Waals surface area (Å²) in [5.41, 5.74) is 29.0. The van der Waals surface area contributed by atoms with Crippen LogP contribution in [0.2, 0.25) is 0 Å². The van der Waals surface area contributed by atoms with Gasteiger partial charge >= 0.3 is 0 Å². The molecule has 0 heterocycles. The number of nitrogens with zero attached hydrogens (tertiary/aromatic N) is 6. The van der Waals surface area contributed by atoms with E-state index in [9.17, 15) is 0 Å². The molecule has 0 aliphatic rings. The molecule has 6 heteroatoms. The summed E-state index contributed by atoms with van der Waals surface area (Å²) in [6.07, 6.45) is 0. The van der Waals surface area contributed by atoms with Crippen molar-refractivity contribution in [3.8, 4) is 55.6 Å². The highest BCUT2D eigenvalue weighted by atomic mass is 15.2. The summed E-state index contributed by atoms with van der Waals surface area (Å²) in [4.78, 5) is 13.8. The van der Waals surface area contributed by atoms with E-state index >= 15 is 0 Å². The van der Waals surface area contributed by atoms with Crippen LogP contribution in [-0.2, 0) is 0 Å². The van der Waals surface area contributed by atoms with Crippen LogP contribution in [0, 0.1) is 0 Å². The van der Waals surface area contributed by atoms with Crippen LogP contribution >= 0.6 is 0 Å². The number of anilines is 15. The molecule has 0 aliphatic carbocycles. The molecule has 0 saturated heterocycles. The van der Waals surface area contributed by atoms with Crippen molar-refractivity contribution in [2.45, 2.75) is 0 Å². The summed E-state index contributed by atoms with van der Waals surface area (Å²) in [7, 11) is 6.38. The Balaban J connectivity index is 0.000000124. The zero-order valence-corrected chi connectivity index (χ0v) is 71.3. The number of rotatable bonds is 20. The first-order chi connectivity index (χ1) is 62.7. The lowest BCUT2D eigenvalue weighted by molar-refractivity contribution is 1.20. The van der Waals surface area contributed by atoms with Crippen LogP contribution in [0.5, 0.6) is 0 Å². The van der Waals surface area contributed by atoms with Crippen molar-refractivity contribution in [3.63, 3.8) is 0 Å². The number of hydrogen-bond donors (Lipinski definition) is 0. The topological polar surface area (TPSA) is 19.4 Å². The van der Waals surface area contributed by atoms with Crippen LogP contribution in [0.4, 0.5) is 85.3 Å². The smallest absolute Gasteiger partial charge is 0.0468 e. The highest BCUT2D eigenvalue weighted by molar-refractivity contribution is 5.95. The zero-order valence-electron chi connectivity index (χ0n) is 71.3. The fourth-order valence-corrected chi connectivity index (χ4v) is 17.0. The lowest BCUT2D eigenvalue weighted by Crippen LogP contribution is -2.12. The molecule has 0 saturated carbocycles. The summed E-state index contributed by atoms with van der Waals surface area (Å²) >= 11 is 0. The Morgan fingerprint density at radius 3 is 0.551 bits per heavy atom. The predicted octanol–water partition coefficient (Wildman–Crippen LogP) is 33.7. The third-order valence-electron chi connectivity index (χ3n) is 23.9. The molecule has 0 N–H and O–H groups in total. The van der Waals surface area contributed by atoms with Gasteiger partial charge in [-0.1, -0.05) is 334 Å². The average molecular weight is 1630 g/mol. The second kappa shape index (κ2) is 37.4. The quantitative estimate of drug-likeness (QED) is 0.0752. The molecule has 0 atom stereocenters. The molecule has 0 aromatic heterocycles. The molecule has 0 aliphatic heterocycles. The van der Waals surface area contributed by atoms with Gasteiger partial charge in [0.05, 0.1) is 0 Å². The predicted molar refractivity (Wildman–Crippen MR) is 544 cm³/mol. The second-order valence-corrected chi connectivity index (χ2v) is 31.9. The Morgan fingerprint density at radius 1 is 0.102 bits per heavy atom. The molecule has 127 heavy (non-hydrogen) atoms. The van der Waals surface area contributed by atoms with Gasteiger partial charge < -0.3 is 29.4 Å². The van der Waals surface area contributed by atoms with E-state index in [4.69, 9.17) is 0 Å². The van der Waals surface area contributed by atoms with Gasteiger partial charge in [-0.25, -0.2) is 0 Å². The van der Waals surface area contributed by atoms with E-state index in [2.05, 4.69) is 566 Å². The molecule has 0 unspecified atom stereocenters. The van der Waals surface area contributed by atoms with E-state index in [-0.39, 0.29) is 0 Å². The summed E-state index contributed by atoms with van der Waals surface area (Å²) < 4.78 is 0. The van der Waals surface area contributed by atoms with Crippen molar-refractivity contribution < 1.29 is 0 Å². The van der Waals surface area contributed by atoms with Gasteiger partial charge in [-0.15, -0.1) is 0 Å². The fourth-order valence-electron chi connectivity index (χ4n) is 17.0. The van der Waals surface area contributed by atoms with Gasteiger partial charge in [0, 0.05) is 106 Å². The van der Waals surface area contributed by atoms with Gasteiger partial charge in [0.15, 0.2) is 0 Å². The number of hydrogen-bond acceptors (Lipinski definition) is 6. The van der Waals surface area contributed by atoms with E-state index in [0.717, 1.165) is 79.6 Å². The Labute approximate surface area is 745 Å². The van der Waals surface area contributed by atoms with Crippen molar-refractivity contribution in [2.75, 3.05) is 50.5 Å². The van der Waals surface area contributed by atoms with Crippen LogP contribution < -0.4 is 29.4 Å². The molecule has 21 rings (SSSR count). The molecular weight excluding hydrogens is 1540 g/mol. The Morgan fingerprint density at radius 2 is 0.268 bits per heavy atom. The third-order valence-corrected chi connectivity index (χ3v) is 23.9. The maximum Gasteiger partial charge on any atom is 0.0468 e. The van der Waals surface area contributed by atoms with Crippen LogP contribution in [0.15, 0.2) is 516 Å². The first-order valence-corrected chi connectivity index (χ1v) is 43.3. The number of benzene rings is 21. The molecule has 0 radical (unpaired) electrons.